The number of benzene rings is 1. The summed E-state index contributed by atoms with van der Waals surface area (Å²) in [5.41, 5.74) is 0.990. The van der Waals surface area contributed by atoms with Gasteiger partial charge in [-0.25, -0.2) is 0 Å². The average Bonchev–Trinajstić information content (AvgIpc) is 2.64. The van der Waals surface area contributed by atoms with E-state index in [2.05, 4.69) is 26.1 Å². The molecule has 0 atom stereocenters. The highest BCUT2D eigenvalue weighted by Gasteiger charge is 2.25. The van der Waals surface area contributed by atoms with Gasteiger partial charge in [0.2, 0.25) is 11.7 Å². The van der Waals surface area contributed by atoms with Crippen molar-refractivity contribution < 1.29 is 4.52 Å². The topological polar surface area (TPSA) is 38.9 Å². The Morgan fingerprint density at radius 2 is 2.19 bits per heavy atom. The molecule has 0 bridgehead atoms. The van der Waals surface area contributed by atoms with Crippen molar-refractivity contribution in [3.05, 3.63) is 34.6 Å². The van der Waals surface area contributed by atoms with Crippen molar-refractivity contribution in [1.29, 1.82) is 0 Å². The molecule has 16 heavy (non-hydrogen) atoms. The maximum atomic E-state index is 5.29. The molecule has 1 aliphatic rings. The predicted octanol–water partition coefficient (Wildman–Crippen LogP) is 3.77. The molecule has 2 aromatic rings. The molecule has 0 saturated heterocycles. The zero-order valence-corrected chi connectivity index (χ0v) is 10.3. The molecule has 82 valence electrons. The zero-order valence-electron chi connectivity index (χ0n) is 8.69. The Morgan fingerprint density at radius 3 is 2.88 bits per heavy atom. The number of rotatable bonds is 2. The first-order chi connectivity index (χ1) is 7.83. The van der Waals surface area contributed by atoms with E-state index in [9.17, 15) is 0 Å². The van der Waals surface area contributed by atoms with Crippen LogP contribution in [0.25, 0.3) is 11.4 Å². The Balaban J connectivity index is 1.91. The van der Waals surface area contributed by atoms with Gasteiger partial charge in [-0.2, -0.15) is 4.98 Å². The van der Waals surface area contributed by atoms with Crippen LogP contribution >= 0.6 is 15.9 Å². The summed E-state index contributed by atoms with van der Waals surface area (Å²) < 4.78 is 6.31. The zero-order chi connectivity index (χ0) is 11.0. The van der Waals surface area contributed by atoms with E-state index in [-0.39, 0.29) is 0 Å². The summed E-state index contributed by atoms with van der Waals surface area (Å²) in [5.74, 6) is 1.97. The molecule has 3 rings (SSSR count). The number of halogens is 1. The summed E-state index contributed by atoms with van der Waals surface area (Å²) in [6.45, 7) is 0. The Morgan fingerprint density at radius 1 is 1.31 bits per heavy atom. The predicted molar refractivity (Wildman–Crippen MR) is 64.0 cm³/mol. The second-order valence-electron chi connectivity index (χ2n) is 4.09. The standard InChI is InChI=1S/C12H11BrN2O/c13-10-6-2-5-9(7-10)11-14-12(16-15-11)8-3-1-4-8/h2,5-8H,1,3-4H2. The minimum Gasteiger partial charge on any atom is -0.339 e. The van der Waals surface area contributed by atoms with Gasteiger partial charge in [0.15, 0.2) is 0 Å². The van der Waals surface area contributed by atoms with Crippen molar-refractivity contribution in [2.75, 3.05) is 0 Å². The molecular formula is C12H11BrN2O. The van der Waals surface area contributed by atoms with Crippen LogP contribution in [0.1, 0.15) is 31.1 Å². The van der Waals surface area contributed by atoms with E-state index in [1.165, 1.54) is 19.3 Å². The van der Waals surface area contributed by atoms with Crippen LogP contribution in [0.15, 0.2) is 33.3 Å². The van der Waals surface area contributed by atoms with Crippen LogP contribution in [0.3, 0.4) is 0 Å². The van der Waals surface area contributed by atoms with E-state index in [0.29, 0.717) is 11.7 Å². The largest absolute Gasteiger partial charge is 0.339 e. The van der Waals surface area contributed by atoms with E-state index < -0.39 is 0 Å². The summed E-state index contributed by atoms with van der Waals surface area (Å²) in [4.78, 5) is 4.44. The van der Waals surface area contributed by atoms with Crippen LogP contribution in [0, 0.1) is 0 Å². The van der Waals surface area contributed by atoms with E-state index in [4.69, 9.17) is 4.52 Å². The number of aromatic nitrogens is 2. The van der Waals surface area contributed by atoms with Crippen molar-refractivity contribution in [3.63, 3.8) is 0 Å². The molecular weight excluding hydrogens is 268 g/mol. The fourth-order valence-corrected chi connectivity index (χ4v) is 2.20. The molecule has 0 amide bonds. The molecule has 0 N–H and O–H groups in total. The molecule has 0 aliphatic heterocycles. The van der Waals surface area contributed by atoms with Crippen molar-refractivity contribution in [1.82, 2.24) is 10.1 Å². The van der Waals surface area contributed by atoms with Gasteiger partial charge >= 0.3 is 0 Å². The van der Waals surface area contributed by atoms with E-state index in [0.717, 1.165) is 15.9 Å². The smallest absolute Gasteiger partial charge is 0.230 e. The normalized spacial score (nSPS) is 16.1. The molecule has 1 aliphatic carbocycles. The molecule has 3 nitrogen and oxygen atoms in total. The van der Waals surface area contributed by atoms with Gasteiger partial charge in [-0.1, -0.05) is 39.6 Å². The molecule has 0 unspecified atom stereocenters. The first kappa shape index (κ1) is 10.0. The Bertz CT molecular complexity index is 505. The van der Waals surface area contributed by atoms with Gasteiger partial charge < -0.3 is 4.52 Å². The van der Waals surface area contributed by atoms with Crippen molar-refractivity contribution >= 4 is 15.9 Å². The highest BCUT2D eigenvalue weighted by Crippen LogP contribution is 2.36. The first-order valence-electron chi connectivity index (χ1n) is 5.42. The van der Waals surface area contributed by atoms with Gasteiger partial charge in [0.1, 0.15) is 0 Å². The van der Waals surface area contributed by atoms with Crippen LogP contribution < -0.4 is 0 Å². The summed E-state index contributed by atoms with van der Waals surface area (Å²) >= 11 is 3.43. The Hall–Kier alpha value is -1.16. The molecule has 1 saturated carbocycles. The first-order valence-corrected chi connectivity index (χ1v) is 6.22. The lowest BCUT2D eigenvalue weighted by Crippen LogP contribution is -2.08. The van der Waals surface area contributed by atoms with E-state index >= 15 is 0 Å². The third-order valence-corrected chi connectivity index (χ3v) is 3.47. The summed E-state index contributed by atoms with van der Waals surface area (Å²) in [6.07, 6.45) is 3.64. The maximum Gasteiger partial charge on any atom is 0.230 e. The highest BCUT2D eigenvalue weighted by molar-refractivity contribution is 9.10. The molecule has 4 heteroatoms. The third kappa shape index (κ3) is 1.78. The Kier molecular flexibility index (Phi) is 2.52. The van der Waals surface area contributed by atoms with Crippen LogP contribution in [-0.4, -0.2) is 10.1 Å². The quantitative estimate of drug-likeness (QED) is 0.840. The number of nitrogens with zero attached hydrogens (tertiary/aromatic N) is 2. The van der Waals surface area contributed by atoms with Gasteiger partial charge in [0.05, 0.1) is 0 Å². The average molecular weight is 279 g/mol. The lowest BCUT2D eigenvalue weighted by Gasteiger charge is -2.20. The van der Waals surface area contributed by atoms with Crippen LogP contribution in [0.5, 0.6) is 0 Å². The molecule has 0 radical (unpaired) electrons. The SMILES string of the molecule is Brc1cccc(-c2noc(C3CCC3)n2)c1. The number of hydrogen-bond donors (Lipinski definition) is 0. The lowest BCUT2D eigenvalue weighted by atomic mass is 9.85. The molecule has 0 spiro atoms. The molecule has 1 heterocycles. The van der Waals surface area contributed by atoms with Gasteiger partial charge in [-0.05, 0) is 25.0 Å². The Labute approximate surface area is 102 Å². The molecule has 1 fully saturated rings. The monoisotopic (exact) mass is 278 g/mol. The molecule has 1 aromatic carbocycles. The van der Waals surface area contributed by atoms with Gasteiger partial charge in [-0.15, -0.1) is 0 Å². The fourth-order valence-electron chi connectivity index (χ4n) is 1.80. The van der Waals surface area contributed by atoms with E-state index in [1.807, 2.05) is 24.3 Å². The van der Waals surface area contributed by atoms with Crippen LogP contribution in [0.2, 0.25) is 0 Å². The molecule has 1 aromatic heterocycles. The van der Waals surface area contributed by atoms with Gasteiger partial charge in [0, 0.05) is 16.0 Å². The maximum absolute atomic E-state index is 5.29. The lowest BCUT2D eigenvalue weighted by molar-refractivity contribution is 0.292. The van der Waals surface area contributed by atoms with Crippen LogP contribution in [0.4, 0.5) is 0 Å². The second-order valence-corrected chi connectivity index (χ2v) is 5.01. The minimum absolute atomic E-state index is 0.494. The minimum atomic E-state index is 0.494. The third-order valence-electron chi connectivity index (χ3n) is 2.98. The van der Waals surface area contributed by atoms with Crippen molar-refractivity contribution in [2.45, 2.75) is 25.2 Å². The summed E-state index contributed by atoms with van der Waals surface area (Å²) in [5, 5.41) is 4.02. The summed E-state index contributed by atoms with van der Waals surface area (Å²) in [7, 11) is 0. The number of hydrogen-bond acceptors (Lipinski definition) is 3. The fraction of sp³-hybridized carbons (Fsp3) is 0.333. The van der Waals surface area contributed by atoms with Gasteiger partial charge in [-0.3, -0.25) is 0 Å². The van der Waals surface area contributed by atoms with Crippen molar-refractivity contribution in [2.24, 2.45) is 0 Å². The van der Waals surface area contributed by atoms with E-state index in [1.54, 1.807) is 0 Å². The second kappa shape index (κ2) is 4.01. The van der Waals surface area contributed by atoms with Crippen molar-refractivity contribution in [3.8, 4) is 11.4 Å². The van der Waals surface area contributed by atoms with Gasteiger partial charge in [0.25, 0.3) is 0 Å². The summed E-state index contributed by atoms with van der Waals surface area (Å²) in [6, 6.07) is 7.94. The highest BCUT2D eigenvalue weighted by atomic mass is 79.9. The van der Waals surface area contributed by atoms with Crippen LogP contribution in [-0.2, 0) is 0 Å².